The molecule has 1 aliphatic carbocycles. The number of amides is 1. The van der Waals surface area contributed by atoms with E-state index in [4.69, 9.17) is 0 Å². The second-order valence-corrected chi connectivity index (χ2v) is 7.69. The molecule has 1 N–H and O–H groups in total. The highest BCUT2D eigenvalue weighted by atomic mass is 16.2. The molecule has 2 heterocycles. The number of aromatic nitrogens is 1. The fraction of sp³-hybridized carbons (Fsp3) is 0.455. The lowest BCUT2D eigenvalue weighted by Gasteiger charge is -2.41. The molecule has 136 valence electrons. The maximum absolute atomic E-state index is 12.5. The quantitative estimate of drug-likeness (QED) is 0.918. The summed E-state index contributed by atoms with van der Waals surface area (Å²) in [6, 6.07) is 13.5. The van der Waals surface area contributed by atoms with Crippen LogP contribution in [0.4, 0.5) is 0 Å². The van der Waals surface area contributed by atoms with Crippen molar-refractivity contribution in [1.82, 2.24) is 15.2 Å². The second-order valence-electron chi connectivity index (χ2n) is 7.69. The van der Waals surface area contributed by atoms with Crippen molar-refractivity contribution < 1.29 is 4.79 Å². The maximum Gasteiger partial charge on any atom is 0.253 e. The van der Waals surface area contributed by atoms with Gasteiger partial charge in [-0.2, -0.15) is 0 Å². The molecule has 2 fully saturated rings. The monoisotopic (exact) mass is 349 g/mol. The van der Waals surface area contributed by atoms with Gasteiger partial charge in [0.1, 0.15) is 0 Å². The number of aryl methyl sites for hydroxylation is 1. The molecule has 1 aliphatic heterocycles. The van der Waals surface area contributed by atoms with E-state index in [1.807, 2.05) is 4.90 Å². The predicted molar refractivity (Wildman–Crippen MR) is 103 cm³/mol. The largest absolute Gasteiger partial charge is 0.339 e. The number of rotatable bonds is 4. The average Bonchev–Trinajstić information content (AvgIpc) is 2.66. The summed E-state index contributed by atoms with van der Waals surface area (Å²) in [5, 5.41) is 3.83. The number of likely N-dealkylation sites (tertiary alicyclic amines) is 1. The molecule has 4 heteroatoms. The molecule has 2 aliphatic rings. The number of hydrogen-bond acceptors (Lipinski definition) is 3. The first-order chi connectivity index (χ1) is 12.7. The number of nitrogens with one attached hydrogen (secondary N) is 1. The van der Waals surface area contributed by atoms with Crippen LogP contribution in [0, 0.1) is 6.92 Å². The molecule has 1 aromatic carbocycles. The molecular weight excluding hydrogens is 322 g/mol. The van der Waals surface area contributed by atoms with Crippen LogP contribution in [0.15, 0.2) is 48.8 Å². The summed E-state index contributed by atoms with van der Waals surface area (Å²) < 4.78 is 0. The van der Waals surface area contributed by atoms with Crippen LogP contribution in [0.5, 0.6) is 0 Å². The van der Waals surface area contributed by atoms with E-state index in [-0.39, 0.29) is 5.91 Å². The van der Waals surface area contributed by atoms with Crippen LogP contribution in [0.2, 0.25) is 0 Å². The van der Waals surface area contributed by atoms with E-state index in [1.54, 1.807) is 24.5 Å². The van der Waals surface area contributed by atoms with Gasteiger partial charge >= 0.3 is 0 Å². The Morgan fingerprint density at radius 3 is 2.42 bits per heavy atom. The van der Waals surface area contributed by atoms with Gasteiger partial charge in [0, 0.05) is 43.1 Å². The summed E-state index contributed by atoms with van der Waals surface area (Å²) in [7, 11) is 0. The Morgan fingerprint density at radius 2 is 1.73 bits per heavy atom. The highest BCUT2D eigenvalue weighted by Crippen LogP contribution is 2.38. The van der Waals surface area contributed by atoms with E-state index in [0.29, 0.717) is 18.0 Å². The summed E-state index contributed by atoms with van der Waals surface area (Å²) in [6.07, 6.45) is 7.93. The van der Waals surface area contributed by atoms with Crippen molar-refractivity contribution in [3.05, 3.63) is 65.5 Å². The summed E-state index contributed by atoms with van der Waals surface area (Å²) >= 11 is 0. The lowest BCUT2D eigenvalue weighted by atomic mass is 9.74. The van der Waals surface area contributed by atoms with Crippen molar-refractivity contribution in [3.63, 3.8) is 0 Å². The average molecular weight is 349 g/mol. The summed E-state index contributed by atoms with van der Waals surface area (Å²) in [6.45, 7) is 3.89. The third-order valence-corrected chi connectivity index (χ3v) is 5.95. The zero-order valence-electron chi connectivity index (χ0n) is 15.4. The zero-order valence-corrected chi connectivity index (χ0v) is 15.4. The minimum absolute atomic E-state index is 0.133. The Labute approximate surface area is 155 Å². The highest BCUT2D eigenvalue weighted by Gasteiger charge is 2.33. The van der Waals surface area contributed by atoms with Crippen LogP contribution in [-0.4, -0.2) is 41.0 Å². The summed E-state index contributed by atoms with van der Waals surface area (Å²) in [5.74, 6) is 0.844. The molecule has 0 bridgehead atoms. The van der Waals surface area contributed by atoms with E-state index in [0.717, 1.165) is 31.5 Å². The molecule has 2 aromatic rings. The normalized spacial score (nSPS) is 23.5. The van der Waals surface area contributed by atoms with Gasteiger partial charge < -0.3 is 10.2 Å². The van der Waals surface area contributed by atoms with E-state index in [2.05, 4.69) is 41.5 Å². The molecule has 1 saturated carbocycles. The fourth-order valence-corrected chi connectivity index (χ4v) is 4.31. The molecule has 4 nitrogen and oxygen atoms in total. The minimum Gasteiger partial charge on any atom is -0.339 e. The predicted octanol–water partition coefficient (Wildman–Crippen LogP) is 3.53. The Morgan fingerprint density at radius 1 is 1.04 bits per heavy atom. The number of carbonyl (C=O) groups excluding carboxylic acids is 1. The van der Waals surface area contributed by atoms with Gasteiger partial charge in [0.15, 0.2) is 0 Å². The standard InChI is InChI=1S/C22H27N3O/c1-16-4-2-3-5-21(16)18-14-20(15-18)24-19-8-12-25(13-9-19)22(26)17-6-10-23-11-7-17/h2-7,10-11,18-20,24H,8-9,12-15H2,1H3. The Hall–Kier alpha value is -2.20. The first kappa shape index (κ1) is 17.2. The second kappa shape index (κ2) is 7.58. The number of carbonyl (C=O) groups is 1. The molecule has 1 aromatic heterocycles. The first-order valence-corrected chi connectivity index (χ1v) is 9.71. The number of hydrogen-bond donors (Lipinski definition) is 1. The van der Waals surface area contributed by atoms with Crippen molar-refractivity contribution in [2.24, 2.45) is 0 Å². The Kier molecular flexibility index (Phi) is 5.02. The molecule has 0 unspecified atom stereocenters. The number of benzene rings is 1. The van der Waals surface area contributed by atoms with Crippen LogP contribution in [0.25, 0.3) is 0 Å². The van der Waals surface area contributed by atoms with Crippen molar-refractivity contribution in [3.8, 4) is 0 Å². The first-order valence-electron chi connectivity index (χ1n) is 9.71. The van der Waals surface area contributed by atoms with Crippen LogP contribution < -0.4 is 5.32 Å². The van der Waals surface area contributed by atoms with E-state index >= 15 is 0 Å². The van der Waals surface area contributed by atoms with Gasteiger partial charge in [-0.05, 0) is 61.8 Å². The van der Waals surface area contributed by atoms with Gasteiger partial charge in [-0.1, -0.05) is 24.3 Å². The molecule has 1 saturated heterocycles. The van der Waals surface area contributed by atoms with Crippen molar-refractivity contribution in [2.45, 2.75) is 50.6 Å². The van der Waals surface area contributed by atoms with Gasteiger partial charge in [-0.15, -0.1) is 0 Å². The van der Waals surface area contributed by atoms with Gasteiger partial charge in [-0.25, -0.2) is 0 Å². The number of piperidine rings is 1. The van der Waals surface area contributed by atoms with Crippen LogP contribution >= 0.6 is 0 Å². The molecule has 0 atom stereocenters. The smallest absolute Gasteiger partial charge is 0.253 e. The van der Waals surface area contributed by atoms with E-state index in [9.17, 15) is 4.79 Å². The third kappa shape index (κ3) is 3.65. The van der Waals surface area contributed by atoms with Gasteiger partial charge in [0.2, 0.25) is 0 Å². The fourth-order valence-electron chi connectivity index (χ4n) is 4.31. The SMILES string of the molecule is Cc1ccccc1C1CC(NC2CCN(C(=O)c3ccncc3)CC2)C1. The van der Waals surface area contributed by atoms with Crippen LogP contribution in [0.1, 0.15) is 53.1 Å². The van der Waals surface area contributed by atoms with Gasteiger partial charge in [0.05, 0.1) is 0 Å². The third-order valence-electron chi connectivity index (χ3n) is 5.95. The summed E-state index contributed by atoms with van der Waals surface area (Å²) in [4.78, 5) is 18.5. The molecular formula is C22H27N3O. The van der Waals surface area contributed by atoms with Crippen LogP contribution in [-0.2, 0) is 0 Å². The maximum atomic E-state index is 12.5. The number of nitrogens with zero attached hydrogens (tertiary/aromatic N) is 2. The molecule has 26 heavy (non-hydrogen) atoms. The molecule has 4 rings (SSSR count). The summed E-state index contributed by atoms with van der Waals surface area (Å²) in [5.41, 5.74) is 3.67. The lowest BCUT2D eigenvalue weighted by molar-refractivity contribution is 0.0695. The van der Waals surface area contributed by atoms with E-state index in [1.165, 1.54) is 24.0 Å². The Bertz CT molecular complexity index is 747. The molecule has 0 radical (unpaired) electrons. The zero-order chi connectivity index (χ0) is 17.9. The minimum atomic E-state index is 0.133. The topological polar surface area (TPSA) is 45.2 Å². The van der Waals surface area contributed by atoms with Crippen molar-refractivity contribution in [2.75, 3.05) is 13.1 Å². The van der Waals surface area contributed by atoms with Gasteiger partial charge in [-0.3, -0.25) is 9.78 Å². The molecule has 0 spiro atoms. The van der Waals surface area contributed by atoms with Crippen LogP contribution in [0.3, 0.4) is 0 Å². The van der Waals surface area contributed by atoms with Crippen molar-refractivity contribution in [1.29, 1.82) is 0 Å². The van der Waals surface area contributed by atoms with E-state index < -0.39 is 0 Å². The van der Waals surface area contributed by atoms with Gasteiger partial charge in [0.25, 0.3) is 5.91 Å². The van der Waals surface area contributed by atoms with Crippen molar-refractivity contribution >= 4 is 5.91 Å². The lowest BCUT2D eigenvalue weighted by Crippen LogP contribution is -2.50. The highest BCUT2D eigenvalue weighted by molar-refractivity contribution is 5.94. The molecule has 1 amide bonds. The number of pyridine rings is 1. The Balaban J connectivity index is 1.23.